The predicted molar refractivity (Wildman–Crippen MR) is 107 cm³/mol. The second-order valence-corrected chi connectivity index (χ2v) is 7.23. The molecule has 4 rings (SSSR count). The Kier molecular flexibility index (Phi) is 4.70. The summed E-state index contributed by atoms with van der Waals surface area (Å²) in [5, 5.41) is 3.34. The number of thiazole rings is 1. The average Bonchev–Trinajstić information content (AvgIpc) is 3.31. The van der Waals surface area contributed by atoms with Crippen LogP contribution in [-0.4, -0.2) is 25.8 Å². The summed E-state index contributed by atoms with van der Waals surface area (Å²) < 4.78 is 14.7. The number of aromatic amines is 1. The fourth-order valence-electron chi connectivity index (χ4n) is 2.80. The van der Waals surface area contributed by atoms with Crippen molar-refractivity contribution in [1.82, 2.24) is 19.9 Å². The fraction of sp³-hybridized carbons (Fsp3) is 0.100. The summed E-state index contributed by atoms with van der Waals surface area (Å²) in [7, 11) is 0. The third kappa shape index (κ3) is 3.54. The maximum Gasteiger partial charge on any atom is 0.222 e. The minimum absolute atomic E-state index is 0.206. The molecule has 0 fully saturated rings. The molecular weight excluding hydrogens is 377 g/mol. The summed E-state index contributed by atoms with van der Waals surface area (Å²) in [6.45, 7) is 3.26. The summed E-state index contributed by atoms with van der Waals surface area (Å²) in [6, 6.07) is 8.60. The van der Waals surface area contributed by atoms with Crippen molar-refractivity contribution in [1.29, 1.82) is 0 Å². The van der Waals surface area contributed by atoms with Crippen LogP contribution >= 0.6 is 11.3 Å². The zero-order valence-electron chi connectivity index (χ0n) is 15.2. The molecule has 2 N–H and O–H groups in total. The molecule has 0 spiro atoms. The van der Waals surface area contributed by atoms with Gasteiger partial charge in [0, 0.05) is 36.6 Å². The Labute approximate surface area is 164 Å². The van der Waals surface area contributed by atoms with Gasteiger partial charge in [0.2, 0.25) is 5.91 Å². The normalized spacial score (nSPS) is 10.8. The van der Waals surface area contributed by atoms with Crippen LogP contribution in [0.1, 0.15) is 12.5 Å². The monoisotopic (exact) mass is 393 g/mol. The Morgan fingerprint density at radius 1 is 1.18 bits per heavy atom. The highest BCUT2D eigenvalue weighted by molar-refractivity contribution is 7.18. The number of halogens is 1. The zero-order chi connectivity index (χ0) is 19.7. The quantitative estimate of drug-likeness (QED) is 0.528. The number of aromatic nitrogens is 4. The van der Waals surface area contributed by atoms with Gasteiger partial charge in [0.15, 0.2) is 0 Å². The van der Waals surface area contributed by atoms with E-state index >= 15 is 0 Å². The lowest BCUT2D eigenvalue weighted by atomic mass is 10.1. The molecule has 140 valence electrons. The van der Waals surface area contributed by atoms with Gasteiger partial charge < -0.3 is 10.3 Å². The minimum Gasteiger partial charge on any atom is -0.344 e. The van der Waals surface area contributed by atoms with E-state index in [1.165, 1.54) is 24.3 Å². The standard InChI is InChI=1S/C20H16FN5OS/c1-11-3-4-14(15(21)9-11)17-18(19-23-7-8-24-19)28-20(26-17)13-5-6-22-16(10-13)25-12(2)27/h3-10H,1-2H3,(H,23,24)(H,22,25,27). The smallest absolute Gasteiger partial charge is 0.222 e. The van der Waals surface area contributed by atoms with E-state index in [9.17, 15) is 9.18 Å². The number of nitrogens with one attached hydrogen (secondary N) is 2. The molecule has 0 unspecified atom stereocenters. The van der Waals surface area contributed by atoms with Gasteiger partial charge >= 0.3 is 0 Å². The van der Waals surface area contributed by atoms with Crippen LogP contribution in [0, 0.1) is 12.7 Å². The summed E-state index contributed by atoms with van der Waals surface area (Å²) in [4.78, 5) is 28.2. The van der Waals surface area contributed by atoms with Crippen molar-refractivity contribution in [3.05, 3.63) is 60.3 Å². The Bertz CT molecular complexity index is 1150. The van der Waals surface area contributed by atoms with E-state index in [0.717, 1.165) is 16.0 Å². The van der Waals surface area contributed by atoms with Crippen LogP contribution in [0.4, 0.5) is 10.2 Å². The Morgan fingerprint density at radius 2 is 2.04 bits per heavy atom. The third-order valence-corrected chi connectivity index (χ3v) is 5.14. The lowest BCUT2D eigenvalue weighted by molar-refractivity contribution is -0.114. The molecule has 0 aliphatic rings. The predicted octanol–water partition coefficient (Wildman–Crippen LogP) is 4.67. The SMILES string of the molecule is CC(=O)Nc1cc(-c2nc(-c3ccc(C)cc3F)c(-c3ncc[nH]3)s2)ccn1. The van der Waals surface area contributed by atoms with Crippen LogP contribution in [0.15, 0.2) is 48.9 Å². The number of benzene rings is 1. The van der Waals surface area contributed by atoms with Gasteiger partial charge in [-0.1, -0.05) is 6.07 Å². The van der Waals surface area contributed by atoms with Crippen molar-refractivity contribution in [2.45, 2.75) is 13.8 Å². The highest BCUT2D eigenvalue weighted by atomic mass is 32.1. The number of hydrogen-bond acceptors (Lipinski definition) is 5. The number of pyridine rings is 1. The summed E-state index contributed by atoms with van der Waals surface area (Å²) in [6.07, 6.45) is 4.96. The molecule has 0 atom stereocenters. The van der Waals surface area contributed by atoms with Crippen molar-refractivity contribution in [2.75, 3.05) is 5.32 Å². The third-order valence-electron chi connectivity index (χ3n) is 4.03. The average molecular weight is 393 g/mol. The molecule has 1 aromatic carbocycles. The minimum atomic E-state index is -0.335. The van der Waals surface area contributed by atoms with E-state index in [2.05, 4.69) is 20.3 Å². The van der Waals surface area contributed by atoms with Gasteiger partial charge in [0.05, 0.1) is 10.6 Å². The van der Waals surface area contributed by atoms with Crippen molar-refractivity contribution in [2.24, 2.45) is 0 Å². The topological polar surface area (TPSA) is 83.6 Å². The molecule has 0 saturated carbocycles. The maximum atomic E-state index is 14.7. The molecule has 0 radical (unpaired) electrons. The lowest BCUT2D eigenvalue weighted by Crippen LogP contribution is -2.07. The van der Waals surface area contributed by atoms with Crippen molar-refractivity contribution >= 4 is 23.1 Å². The second kappa shape index (κ2) is 7.32. The molecule has 28 heavy (non-hydrogen) atoms. The number of imidazole rings is 1. The van der Waals surface area contributed by atoms with E-state index in [-0.39, 0.29) is 11.7 Å². The molecule has 0 aliphatic carbocycles. The lowest BCUT2D eigenvalue weighted by Gasteiger charge is -2.03. The molecular formula is C20H16FN5OS. The van der Waals surface area contributed by atoms with Gasteiger partial charge in [-0.3, -0.25) is 4.79 Å². The van der Waals surface area contributed by atoms with Crippen molar-refractivity contribution < 1.29 is 9.18 Å². The first kappa shape index (κ1) is 18.0. The number of H-pyrrole nitrogens is 1. The number of carbonyl (C=O) groups excluding carboxylic acids is 1. The van der Waals surface area contributed by atoms with Crippen LogP contribution in [-0.2, 0) is 4.79 Å². The molecule has 0 aliphatic heterocycles. The molecule has 0 bridgehead atoms. The molecule has 3 heterocycles. The van der Waals surface area contributed by atoms with Gasteiger partial charge in [-0.2, -0.15) is 0 Å². The number of hydrogen-bond donors (Lipinski definition) is 2. The Balaban J connectivity index is 1.86. The van der Waals surface area contributed by atoms with Crippen molar-refractivity contribution in [3.8, 4) is 32.5 Å². The van der Waals surface area contributed by atoms with Crippen LogP contribution in [0.3, 0.4) is 0 Å². The molecule has 0 saturated heterocycles. The summed E-state index contributed by atoms with van der Waals surface area (Å²) in [5.41, 5.74) is 2.54. The van der Waals surface area contributed by atoms with Gasteiger partial charge in [0.25, 0.3) is 0 Å². The van der Waals surface area contributed by atoms with Gasteiger partial charge in [-0.25, -0.2) is 19.3 Å². The Hall–Kier alpha value is -3.39. The van der Waals surface area contributed by atoms with Gasteiger partial charge in [-0.05, 0) is 36.8 Å². The van der Waals surface area contributed by atoms with E-state index in [1.54, 1.807) is 36.8 Å². The number of aryl methyl sites for hydroxylation is 1. The van der Waals surface area contributed by atoms with E-state index in [1.807, 2.05) is 13.0 Å². The highest BCUT2D eigenvalue weighted by Crippen LogP contribution is 2.40. The zero-order valence-corrected chi connectivity index (χ0v) is 16.0. The molecule has 4 aromatic rings. The van der Waals surface area contributed by atoms with E-state index < -0.39 is 0 Å². The largest absolute Gasteiger partial charge is 0.344 e. The van der Waals surface area contributed by atoms with Crippen LogP contribution < -0.4 is 5.32 Å². The number of anilines is 1. The van der Waals surface area contributed by atoms with Crippen LogP contribution in [0.5, 0.6) is 0 Å². The summed E-state index contributed by atoms with van der Waals surface area (Å²) >= 11 is 1.39. The van der Waals surface area contributed by atoms with Crippen LogP contribution in [0.25, 0.3) is 32.5 Å². The number of carbonyl (C=O) groups is 1. The Morgan fingerprint density at radius 3 is 2.75 bits per heavy atom. The van der Waals surface area contributed by atoms with Crippen molar-refractivity contribution in [3.63, 3.8) is 0 Å². The first-order valence-electron chi connectivity index (χ1n) is 8.52. The number of nitrogens with zero attached hydrogens (tertiary/aromatic N) is 3. The molecule has 3 aromatic heterocycles. The van der Waals surface area contributed by atoms with Gasteiger partial charge in [-0.15, -0.1) is 11.3 Å². The molecule has 8 heteroatoms. The molecule has 1 amide bonds. The highest BCUT2D eigenvalue weighted by Gasteiger charge is 2.20. The van der Waals surface area contributed by atoms with E-state index in [0.29, 0.717) is 27.9 Å². The number of rotatable bonds is 4. The second-order valence-electron chi connectivity index (χ2n) is 6.23. The summed E-state index contributed by atoms with van der Waals surface area (Å²) in [5.74, 6) is 0.512. The van der Waals surface area contributed by atoms with E-state index in [4.69, 9.17) is 4.98 Å². The fourth-order valence-corrected chi connectivity index (χ4v) is 3.84. The van der Waals surface area contributed by atoms with Gasteiger partial charge in [0.1, 0.15) is 22.5 Å². The molecule has 6 nitrogen and oxygen atoms in total. The first-order chi connectivity index (χ1) is 13.5. The first-order valence-corrected chi connectivity index (χ1v) is 9.34. The van der Waals surface area contributed by atoms with Crippen LogP contribution in [0.2, 0.25) is 0 Å². The maximum absolute atomic E-state index is 14.7. The number of amides is 1.